The number of aliphatic hydroxyl groups is 1. The molecule has 3 heteroatoms. The Labute approximate surface area is 88.7 Å². The summed E-state index contributed by atoms with van der Waals surface area (Å²) in [5.41, 5.74) is 7.39. The molecule has 2 nitrogen and oxygen atoms in total. The Balaban J connectivity index is 2.25. The molecule has 1 fully saturated rings. The summed E-state index contributed by atoms with van der Waals surface area (Å²) in [5, 5.41) is 10.3. The van der Waals surface area contributed by atoms with Crippen LogP contribution in [0.15, 0.2) is 18.2 Å². The minimum atomic E-state index is -0.597. The maximum atomic E-state index is 9.52. The largest absolute Gasteiger partial charge is 0.387 e. The Morgan fingerprint density at radius 1 is 1.50 bits per heavy atom. The Bertz CT molecular complexity index is 336. The van der Waals surface area contributed by atoms with Gasteiger partial charge in [-0.05, 0) is 36.0 Å². The zero-order valence-corrected chi connectivity index (χ0v) is 8.67. The molecule has 0 aromatic heterocycles. The molecule has 0 saturated heterocycles. The summed E-state index contributed by atoms with van der Waals surface area (Å²) >= 11 is 6.11. The lowest BCUT2D eigenvalue weighted by molar-refractivity contribution is 0.186. The third-order valence-corrected chi connectivity index (χ3v) is 2.98. The summed E-state index contributed by atoms with van der Waals surface area (Å²) in [6, 6.07) is 5.75. The van der Waals surface area contributed by atoms with Crippen LogP contribution in [0.3, 0.4) is 0 Å². The average molecular weight is 212 g/mol. The van der Waals surface area contributed by atoms with Crippen LogP contribution in [0.2, 0.25) is 5.02 Å². The van der Waals surface area contributed by atoms with E-state index in [1.807, 2.05) is 18.2 Å². The normalized spacial score (nSPS) is 18.2. The van der Waals surface area contributed by atoms with Crippen molar-refractivity contribution in [2.45, 2.75) is 24.9 Å². The number of nitrogens with two attached hydrogens (primary N) is 1. The highest BCUT2D eigenvalue weighted by Crippen LogP contribution is 2.43. The Hall–Kier alpha value is -0.570. The van der Waals surface area contributed by atoms with Gasteiger partial charge in [-0.1, -0.05) is 23.7 Å². The molecule has 76 valence electrons. The summed E-state index contributed by atoms with van der Waals surface area (Å²) in [7, 11) is 0. The van der Waals surface area contributed by atoms with Gasteiger partial charge in [0.2, 0.25) is 0 Å². The highest BCUT2D eigenvalue weighted by molar-refractivity contribution is 6.31. The van der Waals surface area contributed by atoms with Crippen LogP contribution in [0.1, 0.15) is 36.0 Å². The van der Waals surface area contributed by atoms with Gasteiger partial charge in [-0.25, -0.2) is 0 Å². The smallest absolute Gasteiger partial charge is 0.0912 e. The molecule has 14 heavy (non-hydrogen) atoms. The summed E-state index contributed by atoms with van der Waals surface area (Å²) in [6.07, 6.45) is 1.87. The van der Waals surface area contributed by atoms with Gasteiger partial charge in [0.15, 0.2) is 0 Å². The van der Waals surface area contributed by atoms with Crippen molar-refractivity contribution in [1.29, 1.82) is 0 Å². The van der Waals surface area contributed by atoms with Crippen LogP contribution in [0.5, 0.6) is 0 Å². The quantitative estimate of drug-likeness (QED) is 0.806. The second-order valence-electron chi connectivity index (χ2n) is 3.81. The second kappa shape index (κ2) is 3.89. The maximum absolute atomic E-state index is 9.52. The molecule has 1 aromatic rings. The minimum Gasteiger partial charge on any atom is -0.387 e. The van der Waals surface area contributed by atoms with Gasteiger partial charge in [0.1, 0.15) is 0 Å². The fourth-order valence-corrected chi connectivity index (χ4v) is 1.96. The highest BCUT2D eigenvalue weighted by Gasteiger charge is 2.25. The molecular weight excluding hydrogens is 198 g/mol. The van der Waals surface area contributed by atoms with Crippen molar-refractivity contribution in [3.8, 4) is 0 Å². The lowest BCUT2D eigenvalue weighted by Gasteiger charge is -2.10. The number of halogens is 1. The standard InChI is InChI=1S/C11H14ClNO/c12-10-5-8(11(14)6-13)3-4-9(10)7-1-2-7/h3-5,7,11,14H,1-2,6,13H2. The molecule has 2 rings (SSSR count). The Morgan fingerprint density at radius 2 is 2.21 bits per heavy atom. The SMILES string of the molecule is NCC(O)c1ccc(C2CC2)c(Cl)c1. The van der Waals surface area contributed by atoms with Crippen LogP contribution in [0.4, 0.5) is 0 Å². The van der Waals surface area contributed by atoms with Gasteiger partial charge in [0, 0.05) is 11.6 Å². The van der Waals surface area contributed by atoms with Gasteiger partial charge in [-0.15, -0.1) is 0 Å². The van der Waals surface area contributed by atoms with Gasteiger partial charge in [0.25, 0.3) is 0 Å². The second-order valence-corrected chi connectivity index (χ2v) is 4.21. The van der Waals surface area contributed by atoms with Crippen LogP contribution in [0, 0.1) is 0 Å². The van der Waals surface area contributed by atoms with E-state index in [2.05, 4.69) is 0 Å². The number of rotatable bonds is 3. The zero-order valence-electron chi connectivity index (χ0n) is 7.91. The third-order valence-electron chi connectivity index (χ3n) is 2.65. The maximum Gasteiger partial charge on any atom is 0.0912 e. The molecule has 0 radical (unpaired) electrons. The molecule has 1 aromatic carbocycles. The van der Waals surface area contributed by atoms with Crippen LogP contribution in [-0.2, 0) is 0 Å². The topological polar surface area (TPSA) is 46.2 Å². The van der Waals surface area contributed by atoms with Crippen molar-refractivity contribution in [3.63, 3.8) is 0 Å². The van der Waals surface area contributed by atoms with E-state index in [0.29, 0.717) is 5.92 Å². The predicted molar refractivity (Wildman–Crippen MR) is 57.4 cm³/mol. The molecule has 0 heterocycles. The first-order valence-corrected chi connectivity index (χ1v) is 5.27. The van der Waals surface area contributed by atoms with Crippen molar-refractivity contribution in [3.05, 3.63) is 34.3 Å². The lowest BCUT2D eigenvalue weighted by Crippen LogP contribution is -2.11. The molecule has 0 spiro atoms. The van der Waals surface area contributed by atoms with Crippen molar-refractivity contribution >= 4 is 11.6 Å². The van der Waals surface area contributed by atoms with E-state index >= 15 is 0 Å². The summed E-state index contributed by atoms with van der Waals surface area (Å²) < 4.78 is 0. The zero-order chi connectivity index (χ0) is 10.1. The van der Waals surface area contributed by atoms with Gasteiger partial charge in [-0.3, -0.25) is 0 Å². The van der Waals surface area contributed by atoms with Gasteiger partial charge in [-0.2, -0.15) is 0 Å². The van der Waals surface area contributed by atoms with Crippen molar-refractivity contribution in [1.82, 2.24) is 0 Å². The van der Waals surface area contributed by atoms with Crippen molar-refractivity contribution < 1.29 is 5.11 Å². The van der Waals surface area contributed by atoms with Gasteiger partial charge in [0.05, 0.1) is 6.10 Å². The van der Waals surface area contributed by atoms with E-state index in [9.17, 15) is 5.11 Å². The highest BCUT2D eigenvalue weighted by atomic mass is 35.5. The molecule has 1 atom stereocenters. The molecule has 1 saturated carbocycles. The molecule has 3 N–H and O–H groups in total. The number of hydrogen-bond donors (Lipinski definition) is 2. The minimum absolute atomic E-state index is 0.235. The van der Waals surface area contributed by atoms with E-state index in [1.165, 1.54) is 18.4 Å². The van der Waals surface area contributed by atoms with E-state index < -0.39 is 6.10 Å². The number of hydrogen-bond acceptors (Lipinski definition) is 2. The molecular formula is C11H14ClNO. The molecule has 1 unspecified atom stereocenters. The lowest BCUT2D eigenvalue weighted by atomic mass is 10.0. The number of benzene rings is 1. The summed E-state index contributed by atoms with van der Waals surface area (Å²) in [4.78, 5) is 0. The van der Waals surface area contributed by atoms with E-state index in [1.54, 1.807) is 0 Å². The fourth-order valence-electron chi connectivity index (χ4n) is 1.61. The average Bonchev–Trinajstić information content (AvgIpc) is 3.00. The third kappa shape index (κ3) is 1.92. The van der Waals surface area contributed by atoms with Crippen molar-refractivity contribution in [2.24, 2.45) is 5.73 Å². The first kappa shape index (κ1) is 9.97. The summed E-state index contributed by atoms with van der Waals surface area (Å²) in [5.74, 6) is 0.645. The molecule has 0 amide bonds. The fraction of sp³-hybridized carbons (Fsp3) is 0.455. The van der Waals surface area contributed by atoms with Crippen LogP contribution in [-0.4, -0.2) is 11.7 Å². The van der Waals surface area contributed by atoms with E-state index in [0.717, 1.165) is 10.6 Å². The Kier molecular flexibility index (Phi) is 2.77. The van der Waals surface area contributed by atoms with E-state index in [-0.39, 0.29) is 6.54 Å². The number of aliphatic hydroxyl groups excluding tert-OH is 1. The molecule has 0 bridgehead atoms. The predicted octanol–water partition coefficient (Wildman–Crippen LogP) is 2.21. The van der Waals surface area contributed by atoms with Crippen LogP contribution < -0.4 is 5.73 Å². The van der Waals surface area contributed by atoms with Gasteiger partial charge >= 0.3 is 0 Å². The van der Waals surface area contributed by atoms with Crippen LogP contribution in [0.25, 0.3) is 0 Å². The monoisotopic (exact) mass is 211 g/mol. The Morgan fingerprint density at radius 3 is 2.71 bits per heavy atom. The van der Waals surface area contributed by atoms with E-state index in [4.69, 9.17) is 17.3 Å². The molecule has 0 aliphatic heterocycles. The van der Waals surface area contributed by atoms with Crippen LogP contribution >= 0.6 is 11.6 Å². The molecule has 1 aliphatic rings. The molecule has 1 aliphatic carbocycles. The summed E-state index contributed by atoms with van der Waals surface area (Å²) in [6.45, 7) is 0.235. The first-order chi connectivity index (χ1) is 6.72. The first-order valence-electron chi connectivity index (χ1n) is 4.90. The van der Waals surface area contributed by atoms with Crippen molar-refractivity contribution in [2.75, 3.05) is 6.54 Å². The van der Waals surface area contributed by atoms with Gasteiger partial charge < -0.3 is 10.8 Å².